The quantitative estimate of drug-likeness (QED) is 0.562. The number of aromatic nitrogens is 4. The van der Waals surface area contributed by atoms with Crippen LogP contribution >= 0.6 is 11.6 Å². The fourth-order valence-corrected chi connectivity index (χ4v) is 2.71. The van der Waals surface area contributed by atoms with E-state index in [1.807, 2.05) is 4.90 Å². The van der Waals surface area contributed by atoms with E-state index in [9.17, 15) is 10.1 Å². The van der Waals surface area contributed by atoms with Crippen molar-refractivity contribution in [2.24, 2.45) is 0 Å². The number of pyridine rings is 1. The van der Waals surface area contributed by atoms with E-state index in [1.165, 1.54) is 12.3 Å². The maximum Gasteiger partial charge on any atom is 0.313 e. The Hall–Kier alpha value is -2.62. The minimum Gasteiger partial charge on any atom is -0.368 e. The van der Waals surface area contributed by atoms with Crippen molar-refractivity contribution in [1.29, 1.82) is 0 Å². The lowest BCUT2D eigenvalue weighted by Gasteiger charge is -2.32. The third kappa shape index (κ3) is 3.42. The normalized spacial score (nSPS) is 15.6. The van der Waals surface area contributed by atoms with Gasteiger partial charge in [0.25, 0.3) is 0 Å². The number of aromatic amines is 1. The van der Waals surface area contributed by atoms with Gasteiger partial charge in [0.1, 0.15) is 0 Å². The van der Waals surface area contributed by atoms with Crippen molar-refractivity contribution in [3.05, 3.63) is 27.4 Å². The SMILES string of the molecule is Nc1nc(NC2CCN(c3ncc(Cl)cc3[N+](=O)[O-])CC2)n[nH]1. The Labute approximate surface area is 136 Å². The molecule has 23 heavy (non-hydrogen) atoms. The summed E-state index contributed by atoms with van der Waals surface area (Å²) in [6, 6.07) is 1.50. The molecule has 4 N–H and O–H groups in total. The van der Waals surface area contributed by atoms with Gasteiger partial charge in [-0.25, -0.2) is 10.1 Å². The lowest BCUT2D eigenvalue weighted by molar-refractivity contribution is -0.384. The van der Waals surface area contributed by atoms with E-state index in [0.717, 1.165) is 12.8 Å². The van der Waals surface area contributed by atoms with Crippen molar-refractivity contribution in [3.8, 4) is 0 Å². The maximum absolute atomic E-state index is 11.2. The van der Waals surface area contributed by atoms with E-state index in [2.05, 4.69) is 25.5 Å². The zero-order valence-corrected chi connectivity index (χ0v) is 12.8. The second-order valence-corrected chi connectivity index (χ2v) is 5.64. The standard InChI is InChI=1S/C12H15ClN8O2/c13-7-5-9(21(22)23)10(15-6-7)20-3-1-8(2-4-20)16-12-17-11(14)18-19-12/h5-6,8H,1-4H2,(H4,14,16,17,18,19). The van der Waals surface area contributed by atoms with Crippen LogP contribution in [0.1, 0.15) is 12.8 Å². The molecule has 1 fully saturated rings. The molecule has 1 aliphatic heterocycles. The molecule has 2 aromatic rings. The molecule has 10 nitrogen and oxygen atoms in total. The summed E-state index contributed by atoms with van der Waals surface area (Å²) in [4.78, 5) is 20.7. The number of halogens is 1. The zero-order valence-electron chi connectivity index (χ0n) is 12.1. The summed E-state index contributed by atoms with van der Waals surface area (Å²) < 4.78 is 0. The zero-order chi connectivity index (χ0) is 16.4. The van der Waals surface area contributed by atoms with E-state index >= 15 is 0 Å². The Bertz CT molecular complexity index is 713. The molecule has 0 saturated carbocycles. The van der Waals surface area contributed by atoms with Crippen LogP contribution < -0.4 is 16.0 Å². The van der Waals surface area contributed by atoms with Crippen LogP contribution in [0.5, 0.6) is 0 Å². The van der Waals surface area contributed by atoms with Crippen LogP contribution in [-0.2, 0) is 0 Å². The Morgan fingerprint density at radius 3 is 2.83 bits per heavy atom. The molecular weight excluding hydrogens is 324 g/mol. The van der Waals surface area contributed by atoms with Crippen molar-refractivity contribution in [3.63, 3.8) is 0 Å². The molecule has 0 spiro atoms. The van der Waals surface area contributed by atoms with Crippen LogP contribution in [-0.4, -0.2) is 44.2 Å². The highest BCUT2D eigenvalue weighted by atomic mass is 35.5. The van der Waals surface area contributed by atoms with Crippen molar-refractivity contribution in [1.82, 2.24) is 20.2 Å². The first-order valence-electron chi connectivity index (χ1n) is 7.02. The van der Waals surface area contributed by atoms with Crippen LogP contribution in [0.4, 0.5) is 23.4 Å². The van der Waals surface area contributed by atoms with Crippen LogP contribution in [0.2, 0.25) is 5.02 Å². The summed E-state index contributed by atoms with van der Waals surface area (Å²) in [5, 5.41) is 21.1. The van der Waals surface area contributed by atoms with Gasteiger partial charge < -0.3 is 16.0 Å². The molecule has 0 aliphatic carbocycles. The molecule has 3 rings (SSSR count). The number of anilines is 3. The summed E-state index contributed by atoms with van der Waals surface area (Å²) in [5.41, 5.74) is 5.40. The number of H-pyrrole nitrogens is 1. The average molecular weight is 339 g/mol. The van der Waals surface area contributed by atoms with Crippen LogP contribution in [0.25, 0.3) is 0 Å². The van der Waals surface area contributed by atoms with E-state index in [1.54, 1.807) is 0 Å². The minimum atomic E-state index is -0.463. The summed E-state index contributed by atoms with van der Waals surface area (Å²) >= 11 is 5.79. The largest absolute Gasteiger partial charge is 0.368 e. The van der Waals surface area contributed by atoms with E-state index in [4.69, 9.17) is 17.3 Å². The van der Waals surface area contributed by atoms with Crippen LogP contribution in [0.15, 0.2) is 12.3 Å². The third-order valence-corrected chi connectivity index (χ3v) is 3.85. The summed E-state index contributed by atoms with van der Waals surface area (Å²) in [7, 11) is 0. The Balaban J connectivity index is 1.66. The smallest absolute Gasteiger partial charge is 0.313 e. The highest BCUT2D eigenvalue weighted by Crippen LogP contribution is 2.30. The van der Waals surface area contributed by atoms with Gasteiger partial charge in [0.2, 0.25) is 17.7 Å². The molecule has 0 atom stereocenters. The van der Waals surface area contributed by atoms with E-state index in [-0.39, 0.29) is 22.7 Å². The van der Waals surface area contributed by atoms with Gasteiger partial charge in [-0.2, -0.15) is 4.98 Å². The highest BCUT2D eigenvalue weighted by molar-refractivity contribution is 6.30. The molecule has 122 valence electrons. The van der Waals surface area contributed by atoms with Crippen molar-refractivity contribution in [2.45, 2.75) is 18.9 Å². The number of nitrogens with two attached hydrogens (primary N) is 1. The van der Waals surface area contributed by atoms with Gasteiger partial charge in [-0.1, -0.05) is 11.6 Å². The number of piperidine rings is 1. The predicted octanol–water partition coefficient (Wildman–Crippen LogP) is 1.42. The number of nitro groups is 1. The van der Waals surface area contributed by atoms with Crippen LogP contribution in [0, 0.1) is 10.1 Å². The van der Waals surface area contributed by atoms with Gasteiger partial charge in [-0.15, -0.1) is 5.10 Å². The maximum atomic E-state index is 11.2. The molecule has 0 unspecified atom stereocenters. The van der Waals surface area contributed by atoms with E-state index < -0.39 is 4.92 Å². The fraction of sp³-hybridized carbons (Fsp3) is 0.417. The third-order valence-electron chi connectivity index (χ3n) is 3.64. The summed E-state index contributed by atoms with van der Waals surface area (Å²) in [5.74, 6) is 1.06. The topological polar surface area (TPSA) is 139 Å². The first-order chi connectivity index (χ1) is 11.0. The number of nitrogen functional groups attached to an aromatic ring is 1. The number of nitrogens with zero attached hydrogens (tertiary/aromatic N) is 5. The number of hydrogen-bond donors (Lipinski definition) is 3. The van der Waals surface area contributed by atoms with Gasteiger partial charge in [0.05, 0.1) is 9.95 Å². The predicted molar refractivity (Wildman–Crippen MR) is 85.6 cm³/mol. The van der Waals surface area contributed by atoms with Gasteiger partial charge in [-0.05, 0) is 12.8 Å². The fourth-order valence-electron chi connectivity index (χ4n) is 2.56. The molecule has 11 heteroatoms. The molecule has 2 aromatic heterocycles. The second kappa shape index (κ2) is 6.24. The van der Waals surface area contributed by atoms with Gasteiger partial charge in [-0.3, -0.25) is 10.1 Å². The number of rotatable bonds is 4. The highest BCUT2D eigenvalue weighted by Gasteiger charge is 2.26. The van der Waals surface area contributed by atoms with Crippen molar-refractivity contribution >= 4 is 35.0 Å². The van der Waals surface area contributed by atoms with E-state index in [0.29, 0.717) is 24.9 Å². The molecule has 3 heterocycles. The Kier molecular flexibility index (Phi) is 4.15. The van der Waals surface area contributed by atoms with Gasteiger partial charge >= 0.3 is 5.69 Å². The molecular formula is C12H15ClN8O2. The molecule has 0 amide bonds. The Morgan fingerprint density at radius 1 is 1.48 bits per heavy atom. The first-order valence-corrected chi connectivity index (χ1v) is 7.40. The average Bonchev–Trinajstić information content (AvgIpc) is 2.93. The number of hydrogen-bond acceptors (Lipinski definition) is 8. The molecule has 1 saturated heterocycles. The second-order valence-electron chi connectivity index (χ2n) is 5.20. The number of nitrogens with one attached hydrogen (secondary N) is 2. The first kappa shape index (κ1) is 15.3. The van der Waals surface area contributed by atoms with Gasteiger partial charge in [0.15, 0.2) is 0 Å². The Morgan fingerprint density at radius 2 is 2.22 bits per heavy atom. The monoisotopic (exact) mass is 338 g/mol. The van der Waals surface area contributed by atoms with Crippen molar-refractivity contribution in [2.75, 3.05) is 29.0 Å². The molecule has 1 aliphatic rings. The molecule has 0 bridgehead atoms. The summed E-state index contributed by atoms with van der Waals surface area (Å²) in [6.07, 6.45) is 2.97. The summed E-state index contributed by atoms with van der Waals surface area (Å²) in [6.45, 7) is 1.26. The van der Waals surface area contributed by atoms with Crippen LogP contribution in [0.3, 0.4) is 0 Å². The minimum absolute atomic E-state index is 0.0781. The van der Waals surface area contributed by atoms with Gasteiger partial charge in [0, 0.05) is 31.4 Å². The lowest BCUT2D eigenvalue weighted by Crippen LogP contribution is -2.40. The lowest BCUT2D eigenvalue weighted by atomic mass is 10.1. The molecule has 0 aromatic carbocycles. The van der Waals surface area contributed by atoms with Crippen molar-refractivity contribution < 1.29 is 4.92 Å². The molecule has 0 radical (unpaired) electrons.